The van der Waals surface area contributed by atoms with Crippen LogP contribution in [0.1, 0.15) is 26.3 Å². The van der Waals surface area contributed by atoms with Crippen molar-refractivity contribution in [3.05, 3.63) is 34.9 Å². The SMILES string of the molecule is CSC12OC1C(=O)c1cc(C)ccc1C2=O. The van der Waals surface area contributed by atoms with Gasteiger partial charge in [-0.2, -0.15) is 0 Å². The van der Waals surface area contributed by atoms with Gasteiger partial charge in [0.1, 0.15) is 0 Å². The lowest BCUT2D eigenvalue weighted by atomic mass is 9.88. The molecule has 0 spiro atoms. The van der Waals surface area contributed by atoms with Gasteiger partial charge in [0.25, 0.3) is 0 Å². The first-order valence-electron chi connectivity index (χ1n) is 5.03. The predicted octanol–water partition coefficient (Wildman–Crippen LogP) is 1.83. The molecule has 0 amide bonds. The number of fused-ring (bicyclic) bond motifs is 2. The van der Waals surface area contributed by atoms with Crippen molar-refractivity contribution < 1.29 is 14.3 Å². The molecular formula is C12H10O3S. The second kappa shape index (κ2) is 2.96. The molecule has 2 atom stereocenters. The molecule has 1 heterocycles. The lowest BCUT2D eigenvalue weighted by Crippen LogP contribution is -2.34. The van der Waals surface area contributed by atoms with Crippen LogP contribution in [-0.4, -0.2) is 28.9 Å². The quantitative estimate of drug-likeness (QED) is 0.695. The summed E-state index contributed by atoms with van der Waals surface area (Å²) in [7, 11) is 0. The summed E-state index contributed by atoms with van der Waals surface area (Å²) in [6.07, 6.45) is 1.23. The second-order valence-electron chi connectivity index (χ2n) is 4.11. The van der Waals surface area contributed by atoms with Crippen LogP contribution in [0.4, 0.5) is 0 Å². The third-order valence-electron chi connectivity index (χ3n) is 3.12. The minimum Gasteiger partial charge on any atom is -0.337 e. The molecule has 82 valence electrons. The van der Waals surface area contributed by atoms with Crippen molar-refractivity contribution in [1.82, 2.24) is 0 Å². The highest BCUT2D eigenvalue weighted by molar-refractivity contribution is 8.01. The fraction of sp³-hybridized carbons (Fsp3) is 0.333. The molecule has 1 fully saturated rings. The number of carbonyl (C=O) groups is 2. The second-order valence-corrected chi connectivity index (χ2v) is 5.13. The Labute approximate surface area is 97.2 Å². The zero-order valence-corrected chi connectivity index (χ0v) is 9.76. The lowest BCUT2D eigenvalue weighted by Gasteiger charge is -2.16. The summed E-state index contributed by atoms with van der Waals surface area (Å²) in [5.74, 6) is -0.132. The fourth-order valence-electron chi connectivity index (χ4n) is 2.18. The van der Waals surface area contributed by atoms with Crippen molar-refractivity contribution in [3.63, 3.8) is 0 Å². The van der Waals surface area contributed by atoms with Crippen molar-refractivity contribution in [2.24, 2.45) is 0 Å². The average Bonchev–Trinajstić information content (AvgIpc) is 3.02. The van der Waals surface area contributed by atoms with Crippen LogP contribution in [-0.2, 0) is 4.74 Å². The van der Waals surface area contributed by atoms with Crippen LogP contribution >= 0.6 is 11.8 Å². The number of carbonyl (C=O) groups excluding carboxylic acids is 2. The van der Waals surface area contributed by atoms with Gasteiger partial charge in [0, 0.05) is 11.1 Å². The van der Waals surface area contributed by atoms with E-state index in [4.69, 9.17) is 4.74 Å². The summed E-state index contributed by atoms with van der Waals surface area (Å²) >= 11 is 1.31. The third-order valence-corrected chi connectivity index (χ3v) is 4.23. The Balaban J connectivity index is 2.21. The van der Waals surface area contributed by atoms with E-state index in [9.17, 15) is 9.59 Å². The number of Topliss-reactive ketones (excluding diaryl/α,β-unsaturated/α-hetero) is 2. The molecule has 0 bridgehead atoms. The topological polar surface area (TPSA) is 46.7 Å². The number of rotatable bonds is 1. The van der Waals surface area contributed by atoms with Crippen molar-refractivity contribution >= 4 is 23.3 Å². The van der Waals surface area contributed by atoms with Gasteiger partial charge >= 0.3 is 0 Å². The fourth-order valence-corrected chi connectivity index (χ4v) is 2.99. The molecule has 16 heavy (non-hydrogen) atoms. The first-order chi connectivity index (χ1) is 7.60. The molecule has 3 rings (SSSR count). The Morgan fingerprint density at radius 2 is 2.06 bits per heavy atom. The first kappa shape index (κ1) is 10.1. The van der Waals surface area contributed by atoms with Crippen LogP contribution in [0.2, 0.25) is 0 Å². The Morgan fingerprint density at radius 1 is 1.31 bits per heavy atom. The van der Waals surface area contributed by atoms with Crippen LogP contribution in [0.3, 0.4) is 0 Å². The molecule has 1 aliphatic carbocycles. The Hall–Kier alpha value is -1.13. The molecule has 1 aromatic rings. The molecule has 0 saturated carbocycles. The molecule has 0 radical (unpaired) electrons. The van der Waals surface area contributed by atoms with Crippen LogP contribution < -0.4 is 0 Å². The van der Waals surface area contributed by atoms with E-state index >= 15 is 0 Å². The summed E-state index contributed by atoms with van der Waals surface area (Å²) in [4.78, 5) is 23.3. The van der Waals surface area contributed by atoms with Gasteiger partial charge in [0.15, 0.2) is 11.9 Å². The summed E-state index contributed by atoms with van der Waals surface area (Å²) in [6.45, 7) is 1.90. The molecule has 1 aromatic carbocycles. The Morgan fingerprint density at radius 3 is 2.75 bits per heavy atom. The third kappa shape index (κ3) is 1.03. The largest absolute Gasteiger partial charge is 0.337 e. The first-order valence-corrected chi connectivity index (χ1v) is 6.25. The van der Waals surface area contributed by atoms with E-state index in [1.54, 1.807) is 18.4 Å². The van der Waals surface area contributed by atoms with E-state index in [0.717, 1.165) is 5.56 Å². The maximum absolute atomic E-state index is 12.2. The number of ketones is 2. The monoisotopic (exact) mass is 234 g/mol. The van der Waals surface area contributed by atoms with E-state index in [1.165, 1.54) is 11.8 Å². The van der Waals surface area contributed by atoms with Crippen LogP contribution in [0, 0.1) is 6.92 Å². The lowest BCUT2D eigenvalue weighted by molar-refractivity contribution is 0.0911. The van der Waals surface area contributed by atoms with Gasteiger partial charge in [0.05, 0.1) is 0 Å². The summed E-state index contributed by atoms with van der Waals surface area (Å²) in [5.41, 5.74) is 1.99. The zero-order valence-electron chi connectivity index (χ0n) is 8.94. The minimum atomic E-state index is -0.917. The van der Waals surface area contributed by atoms with E-state index in [-0.39, 0.29) is 11.6 Å². The van der Waals surface area contributed by atoms with E-state index in [0.29, 0.717) is 11.1 Å². The van der Waals surface area contributed by atoms with Crippen LogP contribution in [0.5, 0.6) is 0 Å². The number of epoxide rings is 1. The van der Waals surface area contributed by atoms with E-state index in [1.807, 2.05) is 13.0 Å². The number of benzene rings is 1. The zero-order chi connectivity index (χ0) is 11.5. The smallest absolute Gasteiger partial charge is 0.211 e. The van der Waals surface area contributed by atoms with Crippen molar-refractivity contribution in [1.29, 1.82) is 0 Å². The van der Waals surface area contributed by atoms with Crippen LogP contribution in [0.15, 0.2) is 18.2 Å². The van der Waals surface area contributed by atoms with E-state index in [2.05, 4.69) is 0 Å². The molecule has 0 aromatic heterocycles. The van der Waals surface area contributed by atoms with E-state index < -0.39 is 11.0 Å². The predicted molar refractivity (Wildman–Crippen MR) is 61.0 cm³/mol. The Kier molecular flexibility index (Phi) is 1.86. The van der Waals surface area contributed by atoms with Gasteiger partial charge in [-0.3, -0.25) is 9.59 Å². The highest BCUT2D eigenvalue weighted by Crippen LogP contribution is 2.52. The maximum atomic E-state index is 12.2. The Bertz CT molecular complexity index is 523. The van der Waals surface area contributed by atoms with Gasteiger partial charge in [0.2, 0.25) is 10.7 Å². The minimum absolute atomic E-state index is 0.0624. The van der Waals surface area contributed by atoms with Crippen molar-refractivity contribution in [2.75, 3.05) is 6.26 Å². The standard InChI is InChI=1S/C12H10O3S/c1-6-3-4-7-8(5-6)9(13)11-12(15-11,16-2)10(7)14/h3-5,11H,1-2H3. The normalized spacial score (nSPS) is 31.0. The van der Waals surface area contributed by atoms with Gasteiger partial charge < -0.3 is 4.74 Å². The molecule has 4 heteroatoms. The molecular weight excluding hydrogens is 224 g/mol. The van der Waals surface area contributed by atoms with Gasteiger partial charge in [-0.05, 0) is 19.2 Å². The molecule has 1 saturated heterocycles. The van der Waals surface area contributed by atoms with Gasteiger partial charge in [-0.25, -0.2) is 0 Å². The highest BCUT2D eigenvalue weighted by Gasteiger charge is 2.69. The molecule has 0 N–H and O–H groups in total. The average molecular weight is 234 g/mol. The number of hydrogen-bond donors (Lipinski definition) is 0. The number of thioether (sulfide) groups is 1. The highest BCUT2D eigenvalue weighted by atomic mass is 32.2. The molecule has 2 unspecified atom stereocenters. The summed E-state index contributed by atoms with van der Waals surface area (Å²) in [6, 6.07) is 5.34. The molecule has 1 aliphatic heterocycles. The van der Waals surface area contributed by atoms with Gasteiger partial charge in [-0.1, -0.05) is 17.7 Å². The number of hydrogen-bond acceptors (Lipinski definition) is 4. The summed E-state index contributed by atoms with van der Waals surface area (Å²) < 4.78 is 5.33. The van der Waals surface area contributed by atoms with Gasteiger partial charge in [-0.15, -0.1) is 11.8 Å². The van der Waals surface area contributed by atoms with Crippen molar-refractivity contribution in [3.8, 4) is 0 Å². The number of ether oxygens (including phenoxy) is 1. The van der Waals surface area contributed by atoms with Crippen molar-refractivity contribution in [2.45, 2.75) is 18.0 Å². The summed E-state index contributed by atoms with van der Waals surface area (Å²) in [5, 5.41) is 0. The molecule has 3 nitrogen and oxygen atoms in total. The molecule has 2 aliphatic rings. The van der Waals surface area contributed by atoms with Crippen LogP contribution in [0.25, 0.3) is 0 Å². The maximum Gasteiger partial charge on any atom is 0.211 e. The number of aryl methyl sites for hydroxylation is 1.